The molecule has 3 rings (SSSR count). The first-order valence-corrected chi connectivity index (χ1v) is 8.26. The number of rotatable bonds is 3. The fourth-order valence-electron chi connectivity index (χ4n) is 3.29. The van der Waals surface area contributed by atoms with E-state index in [0.717, 1.165) is 4.90 Å². The number of thioether (sulfide) groups is 1. The van der Waals surface area contributed by atoms with Crippen molar-refractivity contribution < 1.29 is 14.3 Å². The maximum atomic E-state index is 12.3. The Hall–Kier alpha value is -1.81. The van der Waals surface area contributed by atoms with Crippen molar-refractivity contribution in [1.82, 2.24) is 0 Å². The van der Waals surface area contributed by atoms with Gasteiger partial charge >= 0.3 is 5.97 Å². The molecule has 4 heteroatoms. The van der Waals surface area contributed by atoms with Gasteiger partial charge in [-0.3, -0.25) is 9.59 Å². The second-order valence-electron chi connectivity index (χ2n) is 5.58. The van der Waals surface area contributed by atoms with Gasteiger partial charge in [-0.1, -0.05) is 42.5 Å². The third kappa shape index (κ3) is 2.88. The zero-order valence-electron chi connectivity index (χ0n) is 12.3. The standard InChI is InChI=1S/C18H18O3S/c1-21-18(20)17-14(19)11-12-7-5-6-10-15(16(12)17)22-13-8-3-2-4-9-13/h2-10,12,15-17H,11H2,1H3/t12-,15+,16+,17?/m0/s1. The molecule has 1 saturated carbocycles. The van der Waals surface area contributed by atoms with Crippen molar-refractivity contribution in [3.05, 3.63) is 54.6 Å². The van der Waals surface area contributed by atoms with Crippen LogP contribution in [0.2, 0.25) is 0 Å². The molecule has 0 amide bonds. The van der Waals surface area contributed by atoms with Crippen molar-refractivity contribution >= 4 is 23.5 Å². The first kappa shape index (κ1) is 15.1. The van der Waals surface area contributed by atoms with Crippen LogP contribution < -0.4 is 0 Å². The number of allylic oxidation sites excluding steroid dienone is 3. The van der Waals surface area contributed by atoms with E-state index in [0.29, 0.717) is 6.42 Å². The molecule has 2 aliphatic carbocycles. The van der Waals surface area contributed by atoms with Gasteiger partial charge in [-0.25, -0.2) is 0 Å². The van der Waals surface area contributed by atoms with E-state index in [9.17, 15) is 9.59 Å². The Morgan fingerprint density at radius 1 is 1.18 bits per heavy atom. The van der Waals surface area contributed by atoms with Crippen molar-refractivity contribution in [2.24, 2.45) is 17.8 Å². The van der Waals surface area contributed by atoms with Gasteiger partial charge in [-0.2, -0.15) is 0 Å². The van der Waals surface area contributed by atoms with Crippen molar-refractivity contribution in [3.63, 3.8) is 0 Å². The van der Waals surface area contributed by atoms with E-state index in [1.165, 1.54) is 7.11 Å². The largest absolute Gasteiger partial charge is 0.468 e. The summed E-state index contributed by atoms with van der Waals surface area (Å²) in [6.07, 6.45) is 8.56. The summed E-state index contributed by atoms with van der Waals surface area (Å²) in [5, 5.41) is 0.0814. The number of ketones is 1. The molecule has 3 nitrogen and oxygen atoms in total. The van der Waals surface area contributed by atoms with Crippen molar-refractivity contribution in [1.29, 1.82) is 0 Å². The average Bonchev–Trinajstić information content (AvgIpc) is 2.75. The first-order chi connectivity index (χ1) is 10.7. The average molecular weight is 314 g/mol. The van der Waals surface area contributed by atoms with Crippen LogP contribution in [0.5, 0.6) is 0 Å². The molecular weight excluding hydrogens is 296 g/mol. The number of hydrogen-bond acceptors (Lipinski definition) is 4. The first-order valence-electron chi connectivity index (χ1n) is 7.38. The Morgan fingerprint density at radius 3 is 2.64 bits per heavy atom. The number of ether oxygens (including phenoxy) is 1. The van der Waals surface area contributed by atoms with E-state index in [1.807, 2.05) is 36.4 Å². The predicted molar refractivity (Wildman–Crippen MR) is 86.5 cm³/mol. The Morgan fingerprint density at radius 2 is 1.91 bits per heavy atom. The van der Waals surface area contributed by atoms with E-state index < -0.39 is 11.9 Å². The van der Waals surface area contributed by atoms with Crippen LogP contribution in [0.1, 0.15) is 6.42 Å². The van der Waals surface area contributed by atoms with Crippen LogP contribution in [-0.4, -0.2) is 24.1 Å². The Labute approximate surface area is 134 Å². The van der Waals surface area contributed by atoms with Crippen LogP contribution in [0, 0.1) is 17.8 Å². The minimum absolute atomic E-state index is 0.000427. The normalized spacial score (nSPS) is 30.0. The second kappa shape index (κ2) is 6.53. The van der Waals surface area contributed by atoms with E-state index in [1.54, 1.807) is 11.8 Å². The lowest BCUT2D eigenvalue weighted by atomic mass is 9.86. The van der Waals surface area contributed by atoms with Gasteiger partial charge in [0.2, 0.25) is 0 Å². The summed E-state index contributed by atoms with van der Waals surface area (Å²) >= 11 is 1.70. The van der Waals surface area contributed by atoms with E-state index in [4.69, 9.17) is 4.74 Å². The SMILES string of the molecule is COC(=O)C1C(=O)C[C@@H]2C=CC=C[C@@H](Sc3ccccc3)[C@H]12. The molecule has 0 heterocycles. The molecule has 0 radical (unpaired) electrons. The Balaban J connectivity index is 1.91. The maximum absolute atomic E-state index is 12.3. The highest BCUT2D eigenvalue weighted by molar-refractivity contribution is 8.00. The lowest BCUT2D eigenvalue weighted by Gasteiger charge is -2.26. The van der Waals surface area contributed by atoms with Crippen molar-refractivity contribution in [2.75, 3.05) is 7.11 Å². The molecule has 0 saturated heterocycles. The van der Waals surface area contributed by atoms with Crippen LogP contribution >= 0.6 is 11.8 Å². The number of fused-ring (bicyclic) bond motifs is 1. The van der Waals surface area contributed by atoms with Crippen molar-refractivity contribution in [3.8, 4) is 0 Å². The molecule has 114 valence electrons. The molecule has 1 unspecified atom stereocenters. The smallest absolute Gasteiger partial charge is 0.316 e. The minimum Gasteiger partial charge on any atom is -0.468 e. The van der Waals surface area contributed by atoms with Gasteiger partial charge in [0, 0.05) is 22.5 Å². The summed E-state index contributed by atoms with van der Waals surface area (Å²) < 4.78 is 4.88. The quantitative estimate of drug-likeness (QED) is 0.634. The molecule has 22 heavy (non-hydrogen) atoms. The van der Waals surface area contributed by atoms with E-state index >= 15 is 0 Å². The topological polar surface area (TPSA) is 43.4 Å². The van der Waals surface area contributed by atoms with E-state index in [2.05, 4.69) is 18.2 Å². The highest BCUT2D eigenvalue weighted by atomic mass is 32.2. The number of hydrogen-bond donors (Lipinski definition) is 0. The number of Topliss-reactive ketones (excluding diaryl/α,β-unsaturated/α-hetero) is 1. The predicted octanol–water partition coefficient (Wildman–Crippen LogP) is 3.27. The van der Waals surface area contributed by atoms with Crippen LogP contribution in [0.3, 0.4) is 0 Å². The van der Waals surface area contributed by atoms with Crippen LogP contribution in [0.25, 0.3) is 0 Å². The number of esters is 1. The third-order valence-electron chi connectivity index (χ3n) is 4.28. The summed E-state index contributed by atoms with van der Waals surface area (Å²) in [5.41, 5.74) is 0. The number of carbonyl (C=O) groups is 2. The molecule has 0 aliphatic heterocycles. The highest BCUT2D eigenvalue weighted by Gasteiger charge is 2.49. The Bertz CT molecular complexity index is 620. The summed E-state index contributed by atoms with van der Waals surface area (Å²) in [6.45, 7) is 0. The molecule has 0 spiro atoms. The lowest BCUT2D eigenvalue weighted by Crippen LogP contribution is -2.33. The molecule has 1 fully saturated rings. The molecule has 1 aromatic carbocycles. The maximum Gasteiger partial charge on any atom is 0.316 e. The summed E-state index contributed by atoms with van der Waals surface area (Å²) in [5.74, 6) is -0.989. The molecule has 0 bridgehead atoms. The highest BCUT2D eigenvalue weighted by Crippen LogP contribution is 2.45. The van der Waals surface area contributed by atoms with Crippen LogP contribution in [-0.2, 0) is 14.3 Å². The summed E-state index contributed by atoms with van der Waals surface area (Å²) in [7, 11) is 1.35. The van der Waals surface area contributed by atoms with Gasteiger partial charge in [0.25, 0.3) is 0 Å². The minimum atomic E-state index is -0.649. The van der Waals surface area contributed by atoms with Gasteiger partial charge in [-0.05, 0) is 18.1 Å². The summed E-state index contributed by atoms with van der Waals surface area (Å²) in [6, 6.07) is 10.1. The van der Waals surface area contributed by atoms with Crippen molar-refractivity contribution in [2.45, 2.75) is 16.6 Å². The zero-order valence-corrected chi connectivity index (χ0v) is 13.2. The lowest BCUT2D eigenvalue weighted by molar-refractivity contribution is -0.149. The zero-order chi connectivity index (χ0) is 15.5. The van der Waals surface area contributed by atoms with Crippen LogP contribution in [0.15, 0.2) is 59.5 Å². The Kier molecular flexibility index (Phi) is 4.48. The number of methoxy groups -OCH3 is 1. The van der Waals surface area contributed by atoms with Gasteiger partial charge in [-0.15, -0.1) is 11.8 Å². The summed E-state index contributed by atoms with van der Waals surface area (Å²) in [4.78, 5) is 25.5. The van der Waals surface area contributed by atoms with E-state index in [-0.39, 0.29) is 22.9 Å². The molecule has 2 aliphatic rings. The number of benzene rings is 1. The molecule has 0 N–H and O–H groups in total. The van der Waals surface area contributed by atoms with Crippen LogP contribution in [0.4, 0.5) is 0 Å². The molecule has 0 aromatic heterocycles. The third-order valence-corrected chi connectivity index (χ3v) is 5.57. The molecule has 4 atom stereocenters. The van der Waals surface area contributed by atoms with Gasteiger partial charge in [0.1, 0.15) is 11.7 Å². The fraction of sp³-hybridized carbons (Fsp3) is 0.333. The fourth-order valence-corrected chi connectivity index (χ4v) is 4.60. The second-order valence-corrected chi connectivity index (χ2v) is 6.83. The van der Waals surface area contributed by atoms with Gasteiger partial charge in [0.05, 0.1) is 7.11 Å². The van der Waals surface area contributed by atoms with Gasteiger partial charge < -0.3 is 4.74 Å². The number of carbonyl (C=O) groups excluding carboxylic acids is 2. The monoisotopic (exact) mass is 314 g/mol. The molecule has 1 aromatic rings. The molecular formula is C18H18O3S. The van der Waals surface area contributed by atoms with Gasteiger partial charge in [0.15, 0.2) is 0 Å².